The fraction of sp³-hybridized carbons (Fsp3) is 0.400. The van der Waals surface area contributed by atoms with Crippen molar-refractivity contribution in [3.8, 4) is 39.9 Å². The molecule has 1 aliphatic heterocycles. The van der Waals surface area contributed by atoms with E-state index in [4.69, 9.17) is 23.7 Å². The second-order valence-corrected chi connectivity index (χ2v) is 11.5. The third-order valence-electron chi connectivity index (χ3n) is 8.53. The summed E-state index contributed by atoms with van der Waals surface area (Å²) in [4.78, 5) is 39.9. The maximum atomic E-state index is 13.9. The first-order valence-electron chi connectivity index (χ1n) is 15.4. The zero-order chi connectivity index (χ0) is 33.0. The maximum Gasteiger partial charge on any atom is 0.247 e. The molecule has 0 bridgehead atoms. The Morgan fingerprint density at radius 1 is 0.957 bits per heavy atom. The van der Waals surface area contributed by atoms with Crippen LogP contribution >= 0.6 is 0 Å². The van der Waals surface area contributed by atoms with Gasteiger partial charge in [0.15, 0.2) is 23.0 Å². The minimum Gasteiger partial charge on any atom is -0.493 e. The fourth-order valence-electron chi connectivity index (χ4n) is 6.04. The maximum absolute atomic E-state index is 13.9. The van der Waals surface area contributed by atoms with Crippen molar-refractivity contribution in [2.24, 2.45) is 5.92 Å². The van der Waals surface area contributed by atoms with E-state index in [0.717, 1.165) is 11.1 Å². The molecule has 1 heterocycles. The van der Waals surface area contributed by atoms with Crippen molar-refractivity contribution in [3.05, 3.63) is 63.8 Å². The summed E-state index contributed by atoms with van der Waals surface area (Å²) in [6.45, 7) is 6.31. The fourth-order valence-corrected chi connectivity index (χ4v) is 6.04. The Bertz CT molecular complexity index is 1690. The van der Waals surface area contributed by atoms with E-state index >= 15 is 0 Å². The molecule has 5 rings (SSSR count). The molecule has 0 aromatic heterocycles. The summed E-state index contributed by atoms with van der Waals surface area (Å²) >= 11 is 0. The summed E-state index contributed by atoms with van der Waals surface area (Å²) in [5.41, 5.74) is 3.50. The van der Waals surface area contributed by atoms with Gasteiger partial charge < -0.3 is 39.6 Å². The van der Waals surface area contributed by atoms with Gasteiger partial charge >= 0.3 is 0 Å². The number of aryl methyl sites for hydroxylation is 1. The number of amides is 2. The largest absolute Gasteiger partial charge is 0.493 e. The second-order valence-electron chi connectivity index (χ2n) is 11.5. The van der Waals surface area contributed by atoms with Crippen LogP contribution in [0.3, 0.4) is 0 Å². The van der Waals surface area contributed by atoms with Crippen molar-refractivity contribution in [1.82, 2.24) is 5.32 Å². The van der Waals surface area contributed by atoms with E-state index in [2.05, 4.69) is 16.0 Å². The Kier molecular flexibility index (Phi) is 9.89. The summed E-state index contributed by atoms with van der Waals surface area (Å²) in [6, 6.07) is 11.0. The first-order chi connectivity index (χ1) is 22.2. The highest BCUT2D eigenvalue weighted by Gasteiger charge is 2.30. The molecule has 0 saturated heterocycles. The van der Waals surface area contributed by atoms with Crippen LogP contribution in [0.2, 0.25) is 0 Å². The normalized spacial score (nSPS) is 16.0. The summed E-state index contributed by atoms with van der Waals surface area (Å²) in [5, 5.41) is 9.23. The van der Waals surface area contributed by atoms with E-state index in [1.165, 1.54) is 20.1 Å². The standard InChI is InChI=1S/C35H41N3O8/c1-7-19(2)32(35(41)37-22-9-13-28-29(17-22)46-15-14-45-28)38-26-12-10-23-24(18-27(26)40)25(36-20(3)39)11-8-21-16-30(42-4)33(43-5)34(44-6)31(21)23/h9-10,12-13,16-19,25,32H,7-8,11,14-15H2,1-6H3,(H,36,39)(H,37,41)(H,38,40)/t19-,25+,32+/m1/s1. The molecule has 11 nitrogen and oxygen atoms in total. The van der Waals surface area contributed by atoms with Crippen LogP contribution in [0.15, 0.2) is 47.3 Å². The van der Waals surface area contributed by atoms with E-state index in [1.807, 2.05) is 26.0 Å². The number of ether oxygens (including phenoxy) is 5. The topological polar surface area (TPSA) is 133 Å². The average molecular weight is 632 g/mol. The quantitative estimate of drug-likeness (QED) is 0.280. The van der Waals surface area contributed by atoms with E-state index in [1.54, 1.807) is 38.5 Å². The van der Waals surface area contributed by atoms with Crippen molar-refractivity contribution in [1.29, 1.82) is 0 Å². The predicted molar refractivity (Wildman–Crippen MR) is 176 cm³/mol. The Hall–Kier alpha value is -4.93. The molecule has 11 heteroatoms. The zero-order valence-electron chi connectivity index (χ0n) is 27.1. The van der Waals surface area contributed by atoms with Gasteiger partial charge in [-0.1, -0.05) is 26.3 Å². The van der Waals surface area contributed by atoms with Crippen molar-refractivity contribution < 1.29 is 33.3 Å². The van der Waals surface area contributed by atoms with Crippen molar-refractivity contribution in [3.63, 3.8) is 0 Å². The van der Waals surface area contributed by atoms with Crippen LogP contribution in [0.1, 0.15) is 50.8 Å². The number of hydrogen-bond acceptors (Lipinski definition) is 9. The van der Waals surface area contributed by atoms with Gasteiger partial charge in [-0.15, -0.1) is 0 Å². The number of benzene rings is 2. The minimum absolute atomic E-state index is 0.121. The van der Waals surface area contributed by atoms with Gasteiger partial charge in [-0.05, 0) is 65.8 Å². The van der Waals surface area contributed by atoms with Gasteiger partial charge in [0.05, 0.1) is 33.1 Å². The number of carbonyl (C=O) groups is 2. The summed E-state index contributed by atoms with van der Waals surface area (Å²) in [5.74, 6) is 1.97. The molecule has 2 amide bonds. The molecule has 46 heavy (non-hydrogen) atoms. The number of anilines is 2. The first-order valence-corrected chi connectivity index (χ1v) is 15.4. The monoisotopic (exact) mass is 631 g/mol. The predicted octanol–water partition coefficient (Wildman–Crippen LogP) is 5.10. The zero-order valence-corrected chi connectivity index (χ0v) is 27.1. The van der Waals surface area contributed by atoms with E-state index < -0.39 is 12.1 Å². The highest BCUT2D eigenvalue weighted by atomic mass is 16.6. The molecule has 3 atom stereocenters. The van der Waals surface area contributed by atoms with E-state index in [0.29, 0.717) is 78.0 Å². The third-order valence-corrected chi connectivity index (χ3v) is 8.53. The summed E-state index contributed by atoms with van der Waals surface area (Å²) in [7, 11) is 4.66. The third kappa shape index (κ3) is 6.54. The molecule has 0 unspecified atom stereocenters. The van der Waals surface area contributed by atoms with Crippen molar-refractivity contribution >= 4 is 23.2 Å². The first kappa shape index (κ1) is 32.5. The number of rotatable bonds is 10. The van der Waals surface area contributed by atoms with Crippen LogP contribution in [-0.4, -0.2) is 52.4 Å². The minimum atomic E-state index is -0.731. The Labute approximate surface area is 268 Å². The number of hydrogen-bond donors (Lipinski definition) is 3. The lowest BCUT2D eigenvalue weighted by Gasteiger charge is -2.24. The van der Waals surface area contributed by atoms with E-state index in [-0.39, 0.29) is 28.8 Å². The lowest BCUT2D eigenvalue weighted by Crippen LogP contribution is -2.40. The number of nitrogens with one attached hydrogen (secondary N) is 3. The molecule has 1 aliphatic carbocycles. The van der Waals surface area contributed by atoms with Gasteiger partial charge in [0, 0.05) is 24.2 Å². The molecule has 0 saturated carbocycles. The lowest BCUT2D eigenvalue weighted by atomic mass is 9.95. The van der Waals surface area contributed by atoms with Crippen molar-refractivity contribution in [2.75, 3.05) is 45.2 Å². The van der Waals surface area contributed by atoms with Gasteiger partial charge in [0.2, 0.25) is 23.0 Å². The Morgan fingerprint density at radius 2 is 1.70 bits per heavy atom. The highest BCUT2D eigenvalue weighted by molar-refractivity contribution is 5.97. The van der Waals surface area contributed by atoms with Crippen LogP contribution in [-0.2, 0) is 16.0 Å². The Morgan fingerprint density at radius 3 is 2.37 bits per heavy atom. The number of methoxy groups -OCH3 is 3. The van der Waals surface area contributed by atoms with Gasteiger partial charge in [-0.25, -0.2) is 0 Å². The Balaban J connectivity index is 1.58. The molecular formula is C35H41N3O8. The lowest BCUT2D eigenvalue weighted by molar-refractivity contribution is -0.120. The van der Waals surface area contributed by atoms with Gasteiger partial charge in [0.1, 0.15) is 19.3 Å². The number of fused-ring (bicyclic) bond motifs is 4. The van der Waals surface area contributed by atoms with Gasteiger partial charge in [0.25, 0.3) is 0 Å². The molecule has 3 aromatic carbocycles. The molecule has 0 spiro atoms. The SMILES string of the molecule is CC[C@@H](C)[C@H](Nc1ccc2c(cc1=O)[C@@H](NC(C)=O)CCc1cc(OC)c(OC)c(OC)c1-2)C(=O)Nc1ccc2c(c1)OCCO2. The molecule has 0 fully saturated rings. The van der Waals surface area contributed by atoms with Crippen molar-refractivity contribution in [2.45, 2.75) is 52.1 Å². The van der Waals surface area contributed by atoms with Gasteiger partial charge in [-0.3, -0.25) is 14.4 Å². The van der Waals surface area contributed by atoms with Crippen LogP contribution in [0.25, 0.3) is 11.1 Å². The summed E-state index contributed by atoms with van der Waals surface area (Å²) < 4.78 is 28.4. The number of carbonyl (C=O) groups excluding carboxylic acids is 2. The van der Waals surface area contributed by atoms with E-state index in [9.17, 15) is 14.4 Å². The summed E-state index contributed by atoms with van der Waals surface area (Å²) in [6.07, 6.45) is 1.81. The van der Waals surface area contributed by atoms with Crippen LogP contribution in [0.4, 0.5) is 11.4 Å². The molecule has 0 radical (unpaired) electrons. The molecule has 3 aromatic rings. The smallest absolute Gasteiger partial charge is 0.247 e. The molecule has 244 valence electrons. The molecule has 3 N–H and O–H groups in total. The average Bonchev–Trinajstić information content (AvgIpc) is 3.30. The van der Waals surface area contributed by atoms with Crippen LogP contribution in [0.5, 0.6) is 28.7 Å². The van der Waals surface area contributed by atoms with Crippen LogP contribution in [0, 0.1) is 5.92 Å². The molecule has 2 aliphatic rings. The molecular weight excluding hydrogens is 590 g/mol. The highest BCUT2D eigenvalue weighted by Crippen LogP contribution is 2.50. The van der Waals surface area contributed by atoms with Crippen LogP contribution < -0.4 is 45.1 Å². The second kappa shape index (κ2) is 14.0. The van der Waals surface area contributed by atoms with Gasteiger partial charge in [-0.2, -0.15) is 0 Å².